The van der Waals surface area contributed by atoms with Gasteiger partial charge in [0.15, 0.2) is 0 Å². The standard InChI is InChI=1S/C11H14ClN3O3/c12-9-5-10(15(16)17)11(14-7-9)18-4-2-8-1-3-13-6-8/h5,7-8,13H,1-4,6H2. The number of nitrogens with one attached hydrogen (secondary N) is 1. The highest BCUT2D eigenvalue weighted by Crippen LogP contribution is 2.27. The van der Waals surface area contributed by atoms with Crippen molar-refractivity contribution in [2.24, 2.45) is 5.92 Å². The van der Waals surface area contributed by atoms with Crippen molar-refractivity contribution in [3.63, 3.8) is 0 Å². The molecule has 1 aromatic heterocycles. The highest BCUT2D eigenvalue weighted by molar-refractivity contribution is 6.30. The number of aromatic nitrogens is 1. The number of ether oxygens (including phenoxy) is 1. The molecule has 7 heteroatoms. The second kappa shape index (κ2) is 5.97. The minimum atomic E-state index is -0.536. The second-order valence-electron chi connectivity index (χ2n) is 4.23. The van der Waals surface area contributed by atoms with Crippen molar-refractivity contribution >= 4 is 17.3 Å². The van der Waals surface area contributed by atoms with Crippen LogP contribution in [0.3, 0.4) is 0 Å². The zero-order valence-corrected chi connectivity index (χ0v) is 10.5. The summed E-state index contributed by atoms with van der Waals surface area (Å²) < 4.78 is 5.38. The van der Waals surface area contributed by atoms with E-state index in [4.69, 9.17) is 16.3 Å². The van der Waals surface area contributed by atoms with Crippen LogP contribution in [0.2, 0.25) is 5.02 Å². The monoisotopic (exact) mass is 271 g/mol. The van der Waals surface area contributed by atoms with Crippen LogP contribution in [0.25, 0.3) is 0 Å². The summed E-state index contributed by atoms with van der Waals surface area (Å²) in [6, 6.07) is 1.25. The summed E-state index contributed by atoms with van der Waals surface area (Å²) in [7, 11) is 0. The fraction of sp³-hybridized carbons (Fsp3) is 0.545. The minimum Gasteiger partial charge on any atom is -0.473 e. The summed E-state index contributed by atoms with van der Waals surface area (Å²) in [6.45, 7) is 2.45. The van der Waals surface area contributed by atoms with E-state index in [1.165, 1.54) is 12.3 Å². The Bertz CT molecular complexity index is 436. The Kier molecular flexibility index (Phi) is 4.33. The maximum Gasteiger partial charge on any atom is 0.332 e. The molecule has 0 aromatic carbocycles. The van der Waals surface area contributed by atoms with E-state index in [0.29, 0.717) is 12.5 Å². The molecule has 0 amide bonds. The zero-order chi connectivity index (χ0) is 13.0. The molecule has 0 saturated carbocycles. The molecule has 0 bridgehead atoms. The molecule has 1 aromatic rings. The van der Waals surface area contributed by atoms with Crippen LogP contribution in [0.4, 0.5) is 5.69 Å². The van der Waals surface area contributed by atoms with Gasteiger partial charge in [-0.3, -0.25) is 10.1 Å². The summed E-state index contributed by atoms with van der Waals surface area (Å²) in [5.41, 5.74) is -0.188. The maximum atomic E-state index is 10.8. The molecule has 1 aliphatic rings. The smallest absolute Gasteiger partial charge is 0.332 e. The van der Waals surface area contributed by atoms with Crippen LogP contribution >= 0.6 is 11.6 Å². The highest BCUT2D eigenvalue weighted by Gasteiger charge is 2.19. The third-order valence-electron chi connectivity index (χ3n) is 2.92. The molecule has 2 rings (SSSR count). The Balaban J connectivity index is 1.93. The summed E-state index contributed by atoms with van der Waals surface area (Å²) in [4.78, 5) is 14.1. The van der Waals surface area contributed by atoms with Gasteiger partial charge < -0.3 is 10.1 Å². The molecule has 1 atom stereocenters. The quantitative estimate of drug-likeness (QED) is 0.655. The predicted octanol–water partition coefficient (Wildman–Crippen LogP) is 2.02. The number of hydrogen-bond acceptors (Lipinski definition) is 5. The fourth-order valence-electron chi connectivity index (χ4n) is 1.94. The molecule has 1 saturated heterocycles. The summed E-state index contributed by atoms with van der Waals surface area (Å²) in [6.07, 6.45) is 3.34. The first-order chi connectivity index (χ1) is 8.66. The molecule has 1 fully saturated rings. The van der Waals surface area contributed by atoms with Crippen molar-refractivity contribution in [1.82, 2.24) is 10.3 Å². The van der Waals surface area contributed by atoms with Crippen LogP contribution in [0.5, 0.6) is 5.88 Å². The van der Waals surface area contributed by atoms with E-state index in [-0.39, 0.29) is 16.6 Å². The first-order valence-electron chi connectivity index (χ1n) is 5.80. The van der Waals surface area contributed by atoms with Gasteiger partial charge in [-0.1, -0.05) is 11.6 Å². The number of pyridine rings is 1. The van der Waals surface area contributed by atoms with Gasteiger partial charge in [-0.25, -0.2) is 4.98 Å². The van der Waals surface area contributed by atoms with Crippen LogP contribution in [0.15, 0.2) is 12.3 Å². The number of rotatable bonds is 5. The fourth-order valence-corrected chi connectivity index (χ4v) is 2.09. The van der Waals surface area contributed by atoms with Crippen LogP contribution in [0.1, 0.15) is 12.8 Å². The predicted molar refractivity (Wildman–Crippen MR) is 67.0 cm³/mol. The van der Waals surface area contributed by atoms with E-state index >= 15 is 0 Å². The van der Waals surface area contributed by atoms with Crippen molar-refractivity contribution in [3.8, 4) is 5.88 Å². The number of nitro groups is 1. The van der Waals surface area contributed by atoms with E-state index in [9.17, 15) is 10.1 Å². The Morgan fingerprint density at radius 3 is 3.17 bits per heavy atom. The first-order valence-corrected chi connectivity index (χ1v) is 6.18. The lowest BCUT2D eigenvalue weighted by Crippen LogP contribution is -2.12. The van der Waals surface area contributed by atoms with Crippen LogP contribution in [-0.2, 0) is 0 Å². The van der Waals surface area contributed by atoms with Crippen molar-refractivity contribution in [2.75, 3.05) is 19.7 Å². The minimum absolute atomic E-state index is 0.0374. The average Bonchev–Trinajstić information content (AvgIpc) is 2.84. The average molecular weight is 272 g/mol. The second-order valence-corrected chi connectivity index (χ2v) is 4.67. The van der Waals surface area contributed by atoms with E-state index in [0.717, 1.165) is 25.9 Å². The van der Waals surface area contributed by atoms with E-state index in [1.807, 2.05) is 0 Å². The largest absolute Gasteiger partial charge is 0.473 e. The van der Waals surface area contributed by atoms with Gasteiger partial charge in [0.25, 0.3) is 5.88 Å². The normalized spacial score (nSPS) is 18.8. The van der Waals surface area contributed by atoms with Crippen LogP contribution < -0.4 is 10.1 Å². The summed E-state index contributed by atoms with van der Waals surface area (Å²) in [5, 5.41) is 14.3. The van der Waals surface area contributed by atoms with Gasteiger partial charge in [0.05, 0.1) is 22.7 Å². The van der Waals surface area contributed by atoms with Crippen molar-refractivity contribution in [3.05, 3.63) is 27.4 Å². The van der Waals surface area contributed by atoms with E-state index in [2.05, 4.69) is 10.3 Å². The third kappa shape index (κ3) is 3.30. The van der Waals surface area contributed by atoms with Crippen molar-refractivity contribution in [2.45, 2.75) is 12.8 Å². The molecule has 6 nitrogen and oxygen atoms in total. The van der Waals surface area contributed by atoms with Crippen molar-refractivity contribution < 1.29 is 9.66 Å². The molecule has 1 N–H and O–H groups in total. The summed E-state index contributed by atoms with van der Waals surface area (Å²) >= 11 is 5.67. The first kappa shape index (κ1) is 13.0. The third-order valence-corrected chi connectivity index (χ3v) is 3.13. The molecule has 0 spiro atoms. The maximum absolute atomic E-state index is 10.8. The zero-order valence-electron chi connectivity index (χ0n) is 9.76. The van der Waals surface area contributed by atoms with Gasteiger partial charge in [-0.05, 0) is 31.8 Å². The SMILES string of the molecule is O=[N+]([O-])c1cc(Cl)cnc1OCCC1CCNC1. The molecule has 98 valence electrons. The van der Waals surface area contributed by atoms with Gasteiger partial charge in [-0.15, -0.1) is 0 Å². The van der Waals surface area contributed by atoms with Crippen LogP contribution in [0, 0.1) is 16.0 Å². The lowest BCUT2D eigenvalue weighted by Gasteiger charge is -2.09. The van der Waals surface area contributed by atoms with Crippen LogP contribution in [-0.4, -0.2) is 29.6 Å². The van der Waals surface area contributed by atoms with Gasteiger partial charge in [0.1, 0.15) is 0 Å². The molecule has 2 heterocycles. The molecule has 0 aliphatic carbocycles. The lowest BCUT2D eigenvalue weighted by atomic mass is 10.1. The van der Waals surface area contributed by atoms with Crippen molar-refractivity contribution in [1.29, 1.82) is 0 Å². The molecular formula is C11H14ClN3O3. The Morgan fingerprint density at radius 2 is 2.50 bits per heavy atom. The highest BCUT2D eigenvalue weighted by atomic mass is 35.5. The number of nitrogens with zero attached hydrogens (tertiary/aromatic N) is 2. The molecular weight excluding hydrogens is 258 g/mol. The Hall–Kier alpha value is -1.40. The molecule has 1 aliphatic heterocycles. The van der Waals surface area contributed by atoms with Gasteiger partial charge >= 0.3 is 5.69 Å². The van der Waals surface area contributed by atoms with Gasteiger partial charge in [0, 0.05) is 6.07 Å². The number of hydrogen-bond donors (Lipinski definition) is 1. The molecule has 18 heavy (non-hydrogen) atoms. The molecule has 1 unspecified atom stereocenters. The number of halogens is 1. The Morgan fingerprint density at radius 1 is 1.67 bits per heavy atom. The topological polar surface area (TPSA) is 77.3 Å². The van der Waals surface area contributed by atoms with E-state index < -0.39 is 4.92 Å². The Labute approximate surface area is 109 Å². The van der Waals surface area contributed by atoms with Gasteiger partial charge in [0.2, 0.25) is 0 Å². The lowest BCUT2D eigenvalue weighted by molar-refractivity contribution is -0.386. The van der Waals surface area contributed by atoms with E-state index in [1.54, 1.807) is 0 Å². The van der Waals surface area contributed by atoms with Gasteiger partial charge in [-0.2, -0.15) is 0 Å². The molecule has 0 radical (unpaired) electrons. The summed E-state index contributed by atoms with van der Waals surface area (Å²) in [5.74, 6) is 0.617.